The SMILES string of the molecule is OCCn1ncc2c(N3CC4CCC(C3)O4)nc(-c3cc[c]cc3)nc21. The second-order valence-electron chi connectivity index (χ2n) is 6.85. The van der Waals surface area contributed by atoms with Gasteiger partial charge in [0.25, 0.3) is 0 Å². The van der Waals surface area contributed by atoms with E-state index in [4.69, 9.17) is 14.7 Å². The van der Waals surface area contributed by atoms with Crippen molar-refractivity contribution in [3.63, 3.8) is 0 Å². The highest BCUT2D eigenvalue weighted by molar-refractivity contribution is 5.88. The van der Waals surface area contributed by atoms with Crippen molar-refractivity contribution in [1.82, 2.24) is 19.7 Å². The Bertz CT molecular complexity index is 914. The molecule has 2 saturated heterocycles. The lowest BCUT2D eigenvalue weighted by atomic mass is 10.2. The van der Waals surface area contributed by atoms with E-state index in [1.54, 1.807) is 10.9 Å². The fourth-order valence-corrected chi connectivity index (χ4v) is 3.89. The fraction of sp³-hybridized carbons (Fsp3) is 0.421. The zero-order chi connectivity index (χ0) is 17.5. The quantitative estimate of drug-likeness (QED) is 0.771. The second-order valence-corrected chi connectivity index (χ2v) is 6.85. The second kappa shape index (κ2) is 6.34. The Morgan fingerprint density at radius 3 is 2.65 bits per heavy atom. The van der Waals surface area contributed by atoms with Crippen LogP contribution in [0.1, 0.15) is 12.8 Å². The maximum Gasteiger partial charge on any atom is 0.164 e. The summed E-state index contributed by atoms with van der Waals surface area (Å²) in [6.45, 7) is 2.12. The summed E-state index contributed by atoms with van der Waals surface area (Å²) in [5, 5.41) is 14.7. The van der Waals surface area contributed by atoms with Crippen LogP contribution >= 0.6 is 0 Å². The third-order valence-corrected chi connectivity index (χ3v) is 5.11. The standard InChI is InChI=1S/C19H20N5O2/c25-9-8-24-19-16(10-20-24)18(23-11-14-6-7-15(12-23)26-14)21-17(22-19)13-4-2-1-3-5-13/h2-5,10,14-15,25H,6-9,11-12H2. The van der Waals surface area contributed by atoms with Crippen molar-refractivity contribution in [2.45, 2.75) is 31.6 Å². The van der Waals surface area contributed by atoms with E-state index in [1.807, 2.05) is 24.3 Å². The molecule has 0 spiro atoms. The first kappa shape index (κ1) is 15.7. The largest absolute Gasteiger partial charge is 0.394 e. The van der Waals surface area contributed by atoms with Crippen LogP contribution in [0.15, 0.2) is 30.5 Å². The zero-order valence-corrected chi connectivity index (χ0v) is 14.4. The maximum absolute atomic E-state index is 9.34. The molecule has 0 amide bonds. The molecule has 2 aromatic heterocycles. The molecule has 7 heteroatoms. The highest BCUT2D eigenvalue weighted by Gasteiger charge is 2.35. The monoisotopic (exact) mass is 350 g/mol. The van der Waals surface area contributed by atoms with E-state index in [1.165, 1.54) is 0 Å². The summed E-state index contributed by atoms with van der Waals surface area (Å²) in [5.41, 5.74) is 1.70. The molecule has 2 bridgehead atoms. The summed E-state index contributed by atoms with van der Waals surface area (Å²) in [6, 6.07) is 10.7. The van der Waals surface area contributed by atoms with Crippen LogP contribution in [0.4, 0.5) is 5.82 Å². The van der Waals surface area contributed by atoms with Gasteiger partial charge in [-0.3, -0.25) is 0 Å². The molecule has 0 aliphatic carbocycles. The van der Waals surface area contributed by atoms with E-state index in [0.717, 1.165) is 48.3 Å². The van der Waals surface area contributed by atoms with E-state index in [2.05, 4.69) is 16.1 Å². The van der Waals surface area contributed by atoms with Gasteiger partial charge in [-0.05, 0) is 18.9 Å². The minimum atomic E-state index is 0.0213. The van der Waals surface area contributed by atoms with Crippen molar-refractivity contribution in [2.24, 2.45) is 0 Å². The summed E-state index contributed by atoms with van der Waals surface area (Å²) in [6.07, 6.45) is 4.59. The smallest absolute Gasteiger partial charge is 0.164 e. The van der Waals surface area contributed by atoms with Crippen molar-refractivity contribution in [3.8, 4) is 11.4 Å². The van der Waals surface area contributed by atoms with Gasteiger partial charge in [0.2, 0.25) is 0 Å². The molecule has 1 aromatic carbocycles. The molecule has 2 atom stereocenters. The van der Waals surface area contributed by atoms with Gasteiger partial charge in [0.05, 0.1) is 36.9 Å². The van der Waals surface area contributed by atoms with Gasteiger partial charge < -0.3 is 14.7 Å². The Balaban J connectivity index is 1.65. The first-order chi connectivity index (χ1) is 12.8. The minimum Gasteiger partial charge on any atom is -0.394 e. The Hall–Kier alpha value is -2.51. The van der Waals surface area contributed by atoms with Crippen molar-refractivity contribution < 1.29 is 9.84 Å². The highest BCUT2D eigenvalue weighted by Crippen LogP contribution is 2.33. The van der Waals surface area contributed by atoms with Gasteiger partial charge in [0.1, 0.15) is 5.82 Å². The van der Waals surface area contributed by atoms with Crippen molar-refractivity contribution in [1.29, 1.82) is 0 Å². The molecule has 2 aliphatic heterocycles. The summed E-state index contributed by atoms with van der Waals surface area (Å²) in [4.78, 5) is 11.9. The van der Waals surface area contributed by atoms with E-state index in [-0.39, 0.29) is 18.8 Å². The Morgan fingerprint density at radius 2 is 1.92 bits per heavy atom. The van der Waals surface area contributed by atoms with Crippen molar-refractivity contribution in [2.75, 3.05) is 24.6 Å². The highest BCUT2D eigenvalue weighted by atomic mass is 16.5. The molecule has 4 heterocycles. The van der Waals surface area contributed by atoms with Gasteiger partial charge in [0.15, 0.2) is 11.5 Å². The van der Waals surface area contributed by atoms with Crippen LogP contribution < -0.4 is 4.90 Å². The summed E-state index contributed by atoms with van der Waals surface area (Å²) in [7, 11) is 0. The molecule has 2 unspecified atom stereocenters. The summed E-state index contributed by atoms with van der Waals surface area (Å²) in [5.74, 6) is 1.57. The average molecular weight is 350 g/mol. The molecule has 0 saturated carbocycles. The van der Waals surface area contributed by atoms with Crippen LogP contribution in [0.25, 0.3) is 22.4 Å². The fourth-order valence-electron chi connectivity index (χ4n) is 3.89. The zero-order valence-electron chi connectivity index (χ0n) is 14.4. The average Bonchev–Trinajstić information content (AvgIpc) is 3.24. The molecule has 1 N–H and O–H groups in total. The number of ether oxygens (including phenoxy) is 1. The van der Waals surface area contributed by atoms with Gasteiger partial charge in [-0.15, -0.1) is 0 Å². The summed E-state index contributed by atoms with van der Waals surface area (Å²) >= 11 is 0. The first-order valence-corrected chi connectivity index (χ1v) is 9.03. The predicted molar refractivity (Wildman–Crippen MR) is 96.8 cm³/mol. The van der Waals surface area contributed by atoms with Crippen LogP contribution in [0.3, 0.4) is 0 Å². The molecular weight excluding hydrogens is 330 g/mol. The molecule has 3 aromatic rings. The number of nitrogens with zero attached hydrogens (tertiary/aromatic N) is 5. The molecule has 133 valence electrons. The van der Waals surface area contributed by atoms with Crippen molar-refractivity contribution >= 4 is 16.9 Å². The number of benzene rings is 1. The lowest BCUT2D eigenvalue weighted by molar-refractivity contribution is 0.0303. The van der Waals surface area contributed by atoms with E-state index in [9.17, 15) is 5.11 Å². The van der Waals surface area contributed by atoms with Crippen LogP contribution in [-0.4, -0.2) is 56.8 Å². The number of anilines is 1. The number of hydrogen-bond acceptors (Lipinski definition) is 6. The predicted octanol–water partition coefficient (Wildman–Crippen LogP) is 1.65. The van der Waals surface area contributed by atoms with E-state index >= 15 is 0 Å². The van der Waals surface area contributed by atoms with E-state index in [0.29, 0.717) is 12.4 Å². The van der Waals surface area contributed by atoms with Crippen LogP contribution in [-0.2, 0) is 11.3 Å². The molecule has 2 aliphatic rings. The number of rotatable bonds is 4. The van der Waals surface area contributed by atoms with Gasteiger partial charge in [-0.1, -0.05) is 24.3 Å². The first-order valence-electron chi connectivity index (χ1n) is 9.03. The number of aliphatic hydroxyl groups excluding tert-OH is 1. The lowest BCUT2D eigenvalue weighted by Gasteiger charge is -2.33. The lowest BCUT2D eigenvalue weighted by Crippen LogP contribution is -2.43. The number of fused-ring (bicyclic) bond motifs is 3. The normalized spacial score (nSPS) is 22.3. The topological polar surface area (TPSA) is 76.3 Å². The Morgan fingerprint density at radius 1 is 1.15 bits per heavy atom. The van der Waals surface area contributed by atoms with Gasteiger partial charge in [0, 0.05) is 18.7 Å². The number of hydrogen-bond donors (Lipinski definition) is 1. The molecular formula is C19H20N5O2. The Labute approximate surface area is 151 Å². The molecule has 2 fully saturated rings. The molecule has 7 nitrogen and oxygen atoms in total. The molecule has 5 rings (SSSR count). The van der Waals surface area contributed by atoms with Gasteiger partial charge >= 0.3 is 0 Å². The minimum absolute atomic E-state index is 0.0213. The van der Waals surface area contributed by atoms with E-state index < -0.39 is 0 Å². The molecule has 1 radical (unpaired) electrons. The maximum atomic E-state index is 9.34. The third-order valence-electron chi connectivity index (χ3n) is 5.11. The number of morpholine rings is 1. The van der Waals surface area contributed by atoms with Crippen LogP contribution in [0, 0.1) is 6.07 Å². The number of aliphatic hydroxyl groups is 1. The van der Waals surface area contributed by atoms with Gasteiger partial charge in [-0.2, -0.15) is 5.10 Å². The molecule has 26 heavy (non-hydrogen) atoms. The third kappa shape index (κ3) is 2.64. The summed E-state index contributed by atoms with van der Waals surface area (Å²) < 4.78 is 7.72. The Kier molecular flexibility index (Phi) is 3.83. The number of aromatic nitrogens is 4. The van der Waals surface area contributed by atoms with Gasteiger partial charge in [-0.25, -0.2) is 14.6 Å². The van der Waals surface area contributed by atoms with Crippen LogP contribution in [0.2, 0.25) is 0 Å². The van der Waals surface area contributed by atoms with Crippen LogP contribution in [0.5, 0.6) is 0 Å². The van der Waals surface area contributed by atoms with Crippen molar-refractivity contribution in [3.05, 3.63) is 36.5 Å².